The first-order chi connectivity index (χ1) is 9.22. The molecule has 1 N–H and O–H groups in total. The van der Waals surface area contributed by atoms with Crippen LogP contribution in [0.4, 0.5) is 0 Å². The van der Waals surface area contributed by atoms with E-state index in [1.165, 1.54) is 7.11 Å². The molecule has 19 heavy (non-hydrogen) atoms. The minimum Gasteiger partial charge on any atom is -0.367 e. The summed E-state index contributed by atoms with van der Waals surface area (Å²) in [7, 11) is 1.50. The van der Waals surface area contributed by atoms with Gasteiger partial charge in [-0.15, -0.1) is 0 Å². The van der Waals surface area contributed by atoms with Gasteiger partial charge >= 0.3 is 0 Å². The van der Waals surface area contributed by atoms with Crippen molar-refractivity contribution in [2.75, 3.05) is 7.11 Å². The Morgan fingerprint density at radius 1 is 1.37 bits per heavy atom. The zero-order valence-corrected chi connectivity index (χ0v) is 10.8. The minimum atomic E-state index is -0.638. The first-order valence-electron chi connectivity index (χ1n) is 5.86. The first kappa shape index (κ1) is 13.2. The maximum Gasteiger partial charge on any atom is 0.254 e. The summed E-state index contributed by atoms with van der Waals surface area (Å²) in [5, 5.41) is 10.1. The van der Waals surface area contributed by atoms with Crippen molar-refractivity contribution in [2.45, 2.75) is 19.6 Å². The highest BCUT2D eigenvalue weighted by molar-refractivity contribution is 5.82. The summed E-state index contributed by atoms with van der Waals surface area (Å²) in [6.45, 7) is 2.03. The number of rotatable bonds is 5. The van der Waals surface area contributed by atoms with Crippen LogP contribution in [0.25, 0.3) is 0 Å². The number of nitrogens with zero attached hydrogens (tertiary/aromatic N) is 2. The average molecular weight is 261 g/mol. The second kappa shape index (κ2) is 6.10. The molecular formula is C13H15N3O3. The standard InChI is InChI=1S/C13H15N3O3/c1-9-11(16-19-15-9)8-14-13(17)12(18-2)10-6-4-3-5-7-10/h3-7,12H,8H2,1-2H3,(H,14,17). The van der Waals surface area contributed by atoms with E-state index < -0.39 is 6.10 Å². The first-order valence-corrected chi connectivity index (χ1v) is 5.86. The Labute approximate surface area is 110 Å². The molecule has 0 aliphatic carbocycles. The lowest BCUT2D eigenvalue weighted by Crippen LogP contribution is -2.30. The Morgan fingerprint density at radius 3 is 2.68 bits per heavy atom. The van der Waals surface area contributed by atoms with Gasteiger partial charge in [-0.25, -0.2) is 4.63 Å². The maximum atomic E-state index is 12.1. The number of aryl methyl sites for hydroxylation is 1. The van der Waals surface area contributed by atoms with Gasteiger partial charge in [-0.3, -0.25) is 4.79 Å². The highest BCUT2D eigenvalue weighted by Gasteiger charge is 2.20. The molecular weight excluding hydrogens is 246 g/mol. The molecule has 0 radical (unpaired) electrons. The van der Waals surface area contributed by atoms with E-state index in [2.05, 4.69) is 20.3 Å². The van der Waals surface area contributed by atoms with E-state index in [0.29, 0.717) is 11.4 Å². The zero-order chi connectivity index (χ0) is 13.7. The summed E-state index contributed by atoms with van der Waals surface area (Å²) in [6, 6.07) is 9.30. The molecule has 1 atom stereocenters. The van der Waals surface area contributed by atoms with E-state index in [1.54, 1.807) is 6.92 Å². The molecule has 0 aliphatic rings. The van der Waals surface area contributed by atoms with Crippen molar-refractivity contribution in [1.82, 2.24) is 15.6 Å². The number of hydrogen-bond donors (Lipinski definition) is 1. The SMILES string of the molecule is COC(C(=O)NCc1nonc1C)c1ccccc1. The van der Waals surface area contributed by atoms with Crippen molar-refractivity contribution in [1.29, 1.82) is 0 Å². The van der Waals surface area contributed by atoms with E-state index in [9.17, 15) is 4.79 Å². The lowest BCUT2D eigenvalue weighted by molar-refractivity contribution is -0.131. The second-order valence-electron chi connectivity index (χ2n) is 4.04. The van der Waals surface area contributed by atoms with Crippen molar-refractivity contribution in [2.24, 2.45) is 0 Å². The highest BCUT2D eigenvalue weighted by atomic mass is 16.6. The summed E-state index contributed by atoms with van der Waals surface area (Å²) in [5.41, 5.74) is 2.07. The van der Waals surface area contributed by atoms with Crippen molar-refractivity contribution in [3.63, 3.8) is 0 Å². The molecule has 0 bridgehead atoms. The van der Waals surface area contributed by atoms with E-state index >= 15 is 0 Å². The van der Waals surface area contributed by atoms with Crippen LogP contribution in [-0.4, -0.2) is 23.3 Å². The summed E-state index contributed by atoms with van der Waals surface area (Å²) in [6.07, 6.45) is -0.638. The maximum absolute atomic E-state index is 12.1. The van der Waals surface area contributed by atoms with E-state index in [1.807, 2.05) is 30.3 Å². The number of benzene rings is 1. The summed E-state index contributed by atoms with van der Waals surface area (Å²) in [5.74, 6) is -0.226. The molecule has 100 valence electrons. The lowest BCUT2D eigenvalue weighted by atomic mass is 10.1. The van der Waals surface area contributed by atoms with E-state index in [4.69, 9.17) is 4.74 Å². The molecule has 2 rings (SSSR count). The van der Waals surface area contributed by atoms with Crippen molar-refractivity contribution < 1.29 is 14.2 Å². The van der Waals surface area contributed by atoms with Crippen LogP contribution in [0.2, 0.25) is 0 Å². The van der Waals surface area contributed by atoms with Crippen LogP contribution in [0, 0.1) is 6.92 Å². The number of amides is 1. The Bertz CT molecular complexity index is 539. The predicted octanol–water partition coefficient (Wildman–Crippen LogP) is 1.38. The Morgan fingerprint density at radius 2 is 2.11 bits per heavy atom. The average Bonchev–Trinajstić information content (AvgIpc) is 2.84. The number of carbonyl (C=O) groups excluding carboxylic acids is 1. The predicted molar refractivity (Wildman–Crippen MR) is 67.1 cm³/mol. The molecule has 6 nitrogen and oxygen atoms in total. The summed E-state index contributed by atoms with van der Waals surface area (Å²) >= 11 is 0. The van der Waals surface area contributed by atoms with Gasteiger partial charge in [-0.2, -0.15) is 0 Å². The molecule has 0 aliphatic heterocycles. The Hall–Kier alpha value is -2.21. The van der Waals surface area contributed by atoms with Gasteiger partial charge in [0, 0.05) is 7.11 Å². The number of hydrogen-bond acceptors (Lipinski definition) is 5. The molecule has 2 aromatic rings. The molecule has 0 saturated heterocycles. The van der Waals surface area contributed by atoms with Gasteiger partial charge in [0.25, 0.3) is 5.91 Å². The quantitative estimate of drug-likeness (QED) is 0.879. The fourth-order valence-corrected chi connectivity index (χ4v) is 1.70. The molecule has 1 heterocycles. The molecule has 0 saturated carbocycles. The van der Waals surface area contributed by atoms with Gasteiger partial charge < -0.3 is 10.1 Å². The van der Waals surface area contributed by atoms with Crippen LogP contribution >= 0.6 is 0 Å². The normalized spacial score (nSPS) is 12.1. The number of methoxy groups -OCH3 is 1. The second-order valence-corrected chi connectivity index (χ2v) is 4.04. The monoisotopic (exact) mass is 261 g/mol. The molecule has 1 unspecified atom stereocenters. The van der Waals surface area contributed by atoms with Crippen LogP contribution in [0.5, 0.6) is 0 Å². The zero-order valence-electron chi connectivity index (χ0n) is 10.8. The van der Waals surface area contributed by atoms with E-state index in [-0.39, 0.29) is 12.5 Å². The number of nitrogens with one attached hydrogen (secondary N) is 1. The number of carbonyl (C=O) groups is 1. The minimum absolute atomic E-state index is 0.226. The molecule has 0 fully saturated rings. The molecule has 1 aromatic carbocycles. The number of aromatic nitrogens is 2. The largest absolute Gasteiger partial charge is 0.367 e. The third-order valence-electron chi connectivity index (χ3n) is 2.75. The summed E-state index contributed by atoms with van der Waals surface area (Å²) < 4.78 is 9.79. The van der Waals surface area contributed by atoms with Crippen molar-refractivity contribution in [3.05, 3.63) is 47.3 Å². The Kier molecular flexibility index (Phi) is 4.25. The van der Waals surface area contributed by atoms with Crippen molar-refractivity contribution in [3.8, 4) is 0 Å². The van der Waals surface area contributed by atoms with Crippen LogP contribution < -0.4 is 5.32 Å². The third kappa shape index (κ3) is 3.17. The van der Waals surface area contributed by atoms with Gasteiger partial charge in [0.05, 0.1) is 6.54 Å². The van der Waals surface area contributed by atoms with Gasteiger partial charge in [0.1, 0.15) is 11.4 Å². The van der Waals surface area contributed by atoms with Gasteiger partial charge in [-0.1, -0.05) is 40.6 Å². The van der Waals surface area contributed by atoms with Crippen LogP contribution in [0.3, 0.4) is 0 Å². The van der Waals surface area contributed by atoms with Gasteiger partial charge in [-0.05, 0) is 12.5 Å². The number of ether oxygens (including phenoxy) is 1. The van der Waals surface area contributed by atoms with Crippen molar-refractivity contribution >= 4 is 5.91 Å². The van der Waals surface area contributed by atoms with Gasteiger partial charge in [0.15, 0.2) is 6.10 Å². The van der Waals surface area contributed by atoms with Crippen LogP contribution in [0.15, 0.2) is 35.0 Å². The molecule has 6 heteroatoms. The molecule has 0 spiro atoms. The third-order valence-corrected chi connectivity index (χ3v) is 2.75. The van der Waals surface area contributed by atoms with Crippen LogP contribution in [-0.2, 0) is 16.1 Å². The fourth-order valence-electron chi connectivity index (χ4n) is 1.70. The van der Waals surface area contributed by atoms with Gasteiger partial charge in [0.2, 0.25) is 0 Å². The molecule has 1 aromatic heterocycles. The topological polar surface area (TPSA) is 77.2 Å². The van der Waals surface area contributed by atoms with Crippen LogP contribution in [0.1, 0.15) is 23.1 Å². The summed E-state index contributed by atoms with van der Waals surface area (Å²) in [4.78, 5) is 12.1. The van der Waals surface area contributed by atoms with E-state index in [0.717, 1.165) is 5.56 Å². The Balaban J connectivity index is 2.00. The molecule has 1 amide bonds. The highest BCUT2D eigenvalue weighted by Crippen LogP contribution is 2.16. The fraction of sp³-hybridized carbons (Fsp3) is 0.308. The lowest BCUT2D eigenvalue weighted by Gasteiger charge is -2.15. The smallest absolute Gasteiger partial charge is 0.254 e.